The summed E-state index contributed by atoms with van der Waals surface area (Å²) in [5.74, 6) is 0.843. The van der Waals surface area contributed by atoms with Crippen LogP contribution in [0.25, 0.3) is 0 Å². The lowest BCUT2D eigenvalue weighted by Gasteiger charge is -2.35. The zero-order chi connectivity index (χ0) is 19.1. The second kappa shape index (κ2) is 9.72. The van der Waals surface area contributed by atoms with E-state index < -0.39 is 0 Å². The minimum atomic E-state index is -0.0750. The average Bonchev–Trinajstić information content (AvgIpc) is 2.69. The van der Waals surface area contributed by atoms with Crippen molar-refractivity contribution in [2.45, 2.75) is 51.9 Å². The number of anilines is 1. The Balaban J connectivity index is 1.41. The van der Waals surface area contributed by atoms with Gasteiger partial charge < -0.3 is 15.5 Å². The van der Waals surface area contributed by atoms with Gasteiger partial charge in [0, 0.05) is 50.7 Å². The van der Waals surface area contributed by atoms with E-state index in [1.54, 1.807) is 6.20 Å². The van der Waals surface area contributed by atoms with Gasteiger partial charge in [-0.1, -0.05) is 19.3 Å². The van der Waals surface area contributed by atoms with E-state index in [0.29, 0.717) is 38.4 Å². The van der Waals surface area contributed by atoms with Crippen LogP contribution >= 0.6 is 0 Å². The molecule has 2 heterocycles. The van der Waals surface area contributed by atoms with E-state index in [1.807, 2.05) is 24.1 Å². The van der Waals surface area contributed by atoms with E-state index in [-0.39, 0.29) is 17.7 Å². The highest BCUT2D eigenvalue weighted by molar-refractivity contribution is 5.83. The van der Waals surface area contributed by atoms with Crippen molar-refractivity contribution < 1.29 is 9.59 Å². The Morgan fingerprint density at radius 1 is 1.22 bits per heavy atom. The van der Waals surface area contributed by atoms with Gasteiger partial charge in [-0.05, 0) is 43.7 Å². The van der Waals surface area contributed by atoms with Crippen LogP contribution in [0.5, 0.6) is 0 Å². The van der Waals surface area contributed by atoms with E-state index in [2.05, 4.69) is 15.6 Å². The van der Waals surface area contributed by atoms with Crippen molar-refractivity contribution >= 4 is 17.5 Å². The van der Waals surface area contributed by atoms with E-state index in [4.69, 9.17) is 0 Å². The maximum atomic E-state index is 12.5. The highest BCUT2D eigenvalue weighted by atomic mass is 16.2. The topological polar surface area (TPSA) is 74.3 Å². The third kappa shape index (κ3) is 5.68. The molecule has 2 N–H and O–H groups in total. The number of nitrogens with zero attached hydrogens (tertiary/aromatic N) is 2. The van der Waals surface area contributed by atoms with Crippen LogP contribution in [0.2, 0.25) is 0 Å². The summed E-state index contributed by atoms with van der Waals surface area (Å²) in [6.45, 7) is 4.68. The number of carbonyl (C=O) groups is 2. The van der Waals surface area contributed by atoms with Gasteiger partial charge >= 0.3 is 0 Å². The molecule has 3 rings (SSSR count). The summed E-state index contributed by atoms with van der Waals surface area (Å²) in [5.41, 5.74) is 2.13. The Morgan fingerprint density at radius 3 is 2.81 bits per heavy atom. The summed E-state index contributed by atoms with van der Waals surface area (Å²) in [6.07, 6.45) is 11.1. The molecule has 1 aromatic heterocycles. The molecule has 0 radical (unpaired) electrons. The number of hydrogen-bond donors (Lipinski definition) is 2. The molecule has 2 aliphatic rings. The first-order chi connectivity index (χ1) is 13.1. The summed E-state index contributed by atoms with van der Waals surface area (Å²) >= 11 is 0. The molecular weight excluding hydrogens is 340 g/mol. The summed E-state index contributed by atoms with van der Waals surface area (Å²) in [5, 5.41) is 6.35. The molecule has 6 heteroatoms. The van der Waals surface area contributed by atoms with Gasteiger partial charge in [0.15, 0.2) is 0 Å². The third-order valence-electron chi connectivity index (χ3n) is 5.83. The molecule has 1 aliphatic heterocycles. The molecule has 1 atom stereocenters. The number of aromatic nitrogens is 1. The normalized spacial score (nSPS) is 21.1. The second-order valence-electron chi connectivity index (χ2n) is 7.95. The van der Waals surface area contributed by atoms with Crippen LogP contribution in [0.15, 0.2) is 18.5 Å². The fourth-order valence-electron chi connectivity index (χ4n) is 4.19. The van der Waals surface area contributed by atoms with Gasteiger partial charge in [-0.25, -0.2) is 0 Å². The Bertz CT molecular complexity index is 643. The first kappa shape index (κ1) is 19.6. The quantitative estimate of drug-likeness (QED) is 0.722. The van der Waals surface area contributed by atoms with Gasteiger partial charge in [0.05, 0.1) is 5.92 Å². The van der Waals surface area contributed by atoms with E-state index in [0.717, 1.165) is 17.8 Å². The number of amides is 2. The van der Waals surface area contributed by atoms with E-state index in [9.17, 15) is 9.59 Å². The molecule has 27 heavy (non-hydrogen) atoms. The van der Waals surface area contributed by atoms with Gasteiger partial charge in [0.2, 0.25) is 11.8 Å². The molecule has 1 unspecified atom stereocenters. The van der Waals surface area contributed by atoms with Crippen LogP contribution < -0.4 is 10.6 Å². The molecule has 1 saturated carbocycles. The first-order valence-electron chi connectivity index (χ1n) is 10.3. The Hall–Kier alpha value is -2.11. The highest BCUT2D eigenvalue weighted by Gasteiger charge is 2.31. The first-order valence-corrected chi connectivity index (χ1v) is 10.3. The SMILES string of the molecule is Cc1cnccc1NCCNC(=O)C1CCC(=O)N(CC2CCCCC2)C1. The molecule has 6 nitrogen and oxygen atoms in total. The predicted octanol–water partition coefficient (Wildman–Crippen LogP) is 2.74. The number of piperidine rings is 1. The summed E-state index contributed by atoms with van der Waals surface area (Å²) < 4.78 is 0. The van der Waals surface area contributed by atoms with Gasteiger partial charge in [-0.2, -0.15) is 0 Å². The monoisotopic (exact) mass is 372 g/mol. The van der Waals surface area contributed by atoms with Crippen LogP contribution in [0, 0.1) is 18.8 Å². The predicted molar refractivity (Wildman–Crippen MR) is 106 cm³/mol. The lowest BCUT2D eigenvalue weighted by molar-refractivity contribution is -0.139. The van der Waals surface area contributed by atoms with Crippen molar-refractivity contribution in [1.82, 2.24) is 15.2 Å². The Kier molecular flexibility index (Phi) is 7.07. The molecule has 1 saturated heterocycles. The lowest BCUT2D eigenvalue weighted by Crippen LogP contribution is -2.47. The number of pyridine rings is 1. The van der Waals surface area contributed by atoms with Crippen LogP contribution in [-0.4, -0.2) is 47.9 Å². The molecular formula is C21H32N4O2. The average molecular weight is 373 g/mol. The van der Waals surface area contributed by atoms with Crippen molar-refractivity contribution in [2.75, 3.05) is 31.5 Å². The molecule has 0 bridgehead atoms. The van der Waals surface area contributed by atoms with E-state index >= 15 is 0 Å². The van der Waals surface area contributed by atoms with Crippen molar-refractivity contribution in [3.63, 3.8) is 0 Å². The van der Waals surface area contributed by atoms with Gasteiger partial charge in [-0.15, -0.1) is 0 Å². The van der Waals surface area contributed by atoms with Gasteiger partial charge in [0.1, 0.15) is 0 Å². The molecule has 0 aromatic carbocycles. The smallest absolute Gasteiger partial charge is 0.224 e. The standard InChI is InChI=1S/C21H32N4O2/c1-16-13-22-10-9-19(16)23-11-12-24-21(27)18-7-8-20(26)25(15-18)14-17-5-3-2-4-6-17/h9-10,13,17-18H,2-8,11-12,14-15H2,1H3,(H,22,23)(H,24,27). The number of rotatable bonds is 7. The number of nitrogens with one attached hydrogen (secondary N) is 2. The van der Waals surface area contributed by atoms with Crippen molar-refractivity contribution in [3.8, 4) is 0 Å². The fourth-order valence-corrected chi connectivity index (χ4v) is 4.19. The lowest BCUT2D eigenvalue weighted by atomic mass is 9.87. The summed E-state index contributed by atoms with van der Waals surface area (Å²) in [7, 11) is 0. The Morgan fingerprint density at radius 2 is 2.04 bits per heavy atom. The maximum absolute atomic E-state index is 12.5. The van der Waals surface area contributed by atoms with E-state index in [1.165, 1.54) is 32.1 Å². The number of hydrogen-bond acceptors (Lipinski definition) is 4. The zero-order valence-corrected chi connectivity index (χ0v) is 16.4. The maximum Gasteiger partial charge on any atom is 0.224 e. The van der Waals surface area contributed by atoms with Crippen LogP contribution in [0.1, 0.15) is 50.5 Å². The molecule has 2 amide bonds. The Labute approximate surface area is 162 Å². The van der Waals surface area contributed by atoms with Crippen molar-refractivity contribution in [1.29, 1.82) is 0 Å². The molecule has 1 aliphatic carbocycles. The van der Waals surface area contributed by atoms with Gasteiger partial charge in [0.25, 0.3) is 0 Å². The van der Waals surface area contributed by atoms with Crippen LogP contribution in [0.4, 0.5) is 5.69 Å². The summed E-state index contributed by atoms with van der Waals surface area (Å²) in [6, 6.07) is 1.94. The fraction of sp³-hybridized carbons (Fsp3) is 0.667. The van der Waals surface area contributed by atoms with Crippen LogP contribution in [0.3, 0.4) is 0 Å². The zero-order valence-electron chi connectivity index (χ0n) is 16.4. The van der Waals surface area contributed by atoms with Crippen molar-refractivity contribution in [3.05, 3.63) is 24.0 Å². The minimum Gasteiger partial charge on any atom is -0.383 e. The molecule has 148 valence electrons. The van der Waals surface area contributed by atoms with Crippen molar-refractivity contribution in [2.24, 2.45) is 11.8 Å². The number of aryl methyl sites for hydroxylation is 1. The number of likely N-dealkylation sites (tertiary alicyclic amines) is 1. The molecule has 0 spiro atoms. The third-order valence-corrected chi connectivity index (χ3v) is 5.83. The minimum absolute atomic E-state index is 0.0735. The largest absolute Gasteiger partial charge is 0.383 e. The highest BCUT2D eigenvalue weighted by Crippen LogP contribution is 2.27. The second-order valence-corrected chi connectivity index (χ2v) is 7.95. The van der Waals surface area contributed by atoms with Gasteiger partial charge in [-0.3, -0.25) is 14.6 Å². The summed E-state index contributed by atoms with van der Waals surface area (Å²) in [4.78, 5) is 30.8. The molecule has 2 fully saturated rings. The molecule has 1 aromatic rings. The van der Waals surface area contributed by atoms with Crippen LogP contribution in [-0.2, 0) is 9.59 Å². The number of carbonyl (C=O) groups excluding carboxylic acids is 2.